The smallest absolute Gasteiger partial charge is 0.241 e. The number of nitrogens with one attached hydrogen (secondary N) is 1. The molecule has 0 aliphatic carbocycles. The van der Waals surface area contributed by atoms with Crippen molar-refractivity contribution in [1.29, 1.82) is 0 Å². The molecule has 0 fully saturated rings. The third kappa shape index (κ3) is 4.39. The normalized spacial score (nSPS) is 12.2. The molecule has 3 nitrogen and oxygen atoms in total. The number of halogens is 1. The van der Waals surface area contributed by atoms with Crippen LogP contribution in [0.25, 0.3) is 0 Å². The lowest BCUT2D eigenvalue weighted by atomic mass is 10.2. The zero-order valence-corrected chi connectivity index (χ0v) is 12.2. The molecule has 0 aromatic heterocycles. The molecule has 0 saturated heterocycles. The SMILES string of the molecule is C[C@@H](C(=O)Nc1ccc(F)cc1)N(C)Cc1ccccc1. The fraction of sp³-hybridized carbons (Fsp3) is 0.235. The number of hydrogen-bond donors (Lipinski definition) is 1. The van der Waals surface area contributed by atoms with Crippen molar-refractivity contribution in [3.05, 3.63) is 66.0 Å². The Morgan fingerprint density at radius 3 is 2.38 bits per heavy atom. The maximum absolute atomic E-state index is 12.8. The van der Waals surface area contributed by atoms with E-state index in [9.17, 15) is 9.18 Å². The van der Waals surface area contributed by atoms with Gasteiger partial charge in [0.05, 0.1) is 6.04 Å². The number of anilines is 1. The Balaban J connectivity index is 1.93. The first-order valence-electron chi connectivity index (χ1n) is 6.87. The highest BCUT2D eigenvalue weighted by molar-refractivity contribution is 5.94. The van der Waals surface area contributed by atoms with Crippen LogP contribution in [0.1, 0.15) is 12.5 Å². The summed E-state index contributed by atoms with van der Waals surface area (Å²) in [5.41, 5.74) is 1.75. The van der Waals surface area contributed by atoms with Crippen LogP contribution in [0.15, 0.2) is 54.6 Å². The number of likely N-dealkylation sites (N-methyl/N-ethyl adjacent to an activating group) is 1. The Bertz CT molecular complexity index is 583. The van der Waals surface area contributed by atoms with Crippen molar-refractivity contribution in [2.45, 2.75) is 19.5 Å². The summed E-state index contributed by atoms with van der Waals surface area (Å²) in [5, 5.41) is 2.79. The third-order valence-electron chi connectivity index (χ3n) is 3.43. The number of carbonyl (C=O) groups excluding carboxylic acids is 1. The maximum atomic E-state index is 12.8. The highest BCUT2D eigenvalue weighted by Gasteiger charge is 2.18. The molecular weight excluding hydrogens is 267 g/mol. The third-order valence-corrected chi connectivity index (χ3v) is 3.43. The minimum Gasteiger partial charge on any atom is -0.325 e. The van der Waals surface area contributed by atoms with Gasteiger partial charge in [0.15, 0.2) is 0 Å². The van der Waals surface area contributed by atoms with Gasteiger partial charge in [0.1, 0.15) is 5.82 Å². The van der Waals surface area contributed by atoms with Crippen LogP contribution in [0.3, 0.4) is 0 Å². The Hall–Kier alpha value is -2.20. The van der Waals surface area contributed by atoms with Gasteiger partial charge in [0, 0.05) is 12.2 Å². The van der Waals surface area contributed by atoms with E-state index in [1.165, 1.54) is 12.1 Å². The summed E-state index contributed by atoms with van der Waals surface area (Å²) < 4.78 is 12.8. The molecule has 2 rings (SSSR count). The van der Waals surface area contributed by atoms with E-state index >= 15 is 0 Å². The number of carbonyl (C=O) groups is 1. The van der Waals surface area contributed by atoms with Gasteiger partial charge in [-0.25, -0.2) is 4.39 Å². The first-order chi connectivity index (χ1) is 10.1. The van der Waals surface area contributed by atoms with Gasteiger partial charge in [-0.05, 0) is 43.8 Å². The first kappa shape index (κ1) is 15.2. The summed E-state index contributed by atoms with van der Waals surface area (Å²) >= 11 is 0. The number of benzene rings is 2. The average molecular weight is 286 g/mol. The van der Waals surface area contributed by atoms with E-state index in [1.54, 1.807) is 12.1 Å². The van der Waals surface area contributed by atoms with Crippen molar-refractivity contribution in [2.75, 3.05) is 12.4 Å². The molecule has 0 bridgehead atoms. The maximum Gasteiger partial charge on any atom is 0.241 e. The van der Waals surface area contributed by atoms with Crippen molar-refractivity contribution < 1.29 is 9.18 Å². The van der Waals surface area contributed by atoms with Gasteiger partial charge >= 0.3 is 0 Å². The van der Waals surface area contributed by atoms with Crippen molar-refractivity contribution in [3.63, 3.8) is 0 Å². The molecule has 0 aliphatic heterocycles. The van der Waals surface area contributed by atoms with Crippen molar-refractivity contribution in [3.8, 4) is 0 Å². The quantitative estimate of drug-likeness (QED) is 0.914. The molecule has 110 valence electrons. The van der Waals surface area contributed by atoms with Crippen LogP contribution in [-0.2, 0) is 11.3 Å². The van der Waals surface area contributed by atoms with Crippen molar-refractivity contribution in [2.24, 2.45) is 0 Å². The topological polar surface area (TPSA) is 32.3 Å². The van der Waals surface area contributed by atoms with Gasteiger partial charge in [-0.1, -0.05) is 30.3 Å². The second kappa shape index (κ2) is 6.99. The van der Waals surface area contributed by atoms with Gasteiger partial charge in [0.2, 0.25) is 5.91 Å². The fourth-order valence-corrected chi connectivity index (χ4v) is 1.99. The van der Waals surface area contributed by atoms with Crippen LogP contribution in [0, 0.1) is 5.82 Å². The molecule has 2 aromatic carbocycles. The first-order valence-corrected chi connectivity index (χ1v) is 6.87. The lowest BCUT2D eigenvalue weighted by molar-refractivity contribution is -0.120. The van der Waals surface area contributed by atoms with E-state index in [0.717, 1.165) is 5.56 Å². The lowest BCUT2D eigenvalue weighted by Crippen LogP contribution is -2.39. The van der Waals surface area contributed by atoms with Crippen molar-refractivity contribution in [1.82, 2.24) is 4.90 Å². The molecule has 0 spiro atoms. The number of rotatable bonds is 5. The van der Waals surface area contributed by atoms with Crippen LogP contribution in [0.5, 0.6) is 0 Å². The monoisotopic (exact) mass is 286 g/mol. The van der Waals surface area contributed by atoms with Crippen molar-refractivity contribution >= 4 is 11.6 Å². The number of nitrogens with zero attached hydrogens (tertiary/aromatic N) is 1. The van der Waals surface area contributed by atoms with Gasteiger partial charge in [0.25, 0.3) is 0 Å². The second-order valence-electron chi connectivity index (χ2n) is 5.07. The van der Waals surface area contributed by atoms with E-state index in [-0.39, 0.29) is 17.8 Å². The molecule has 0 saturated carbocycles. The number of hydrogen-bond acceptors (Lipinski definition) is 2. The molecule has 0 heterocycles. The molecule has 0 radical (unpaired) electrons. The lowest BCUT2D eigenvalue weighted by Gasteiger charge is -2.24. The Kier molecular flexibility index (Phi) is 5.06. The van der Waals surface area contributed by atoms with Gasteiger partial charge < -0.3 is 5.32 Å². The minimum absolute atomic E-state index is 0.111. The van der Waals surface area contributed by atoms with E-state index in [1.807, 2.05) is 49.2 Å². The van der Waals surface area contributed by atoms with Crippen LogP contribution in [-0.4, -0.2) is 23.9 Å². The second-order valence-corrected chi connectivity index (χ2v) is 5.07. The predicted octanol–water partition coefficient (Wildman–Crippen LogP) is 3.28. The van der Waals surface area contributed by atoms with Gasteiger partial charge in [-0.15, -0.1) is 0 Å². The molecule has 21 heavy (non-hydrogen) atoms. The van der Waals surface area contributed by atoms with E-state index < -0.39 is 0 Å². The summed E-state index contributed by atoms with van der Waals surface area (Å²) in [7, 11) is 1.90. The molecule has 4 heteroatoms. The van der Waals surface area contributed by atoms with E-state index in [2.05, 4.69) is 5.32 Å². The highest BCUT2D eigenvalue weighted by Crippen LogP contribution is 2.11. The molecule has 1 amide bonds. The Labute approximate surface area is 124 Å². The molecule has 0 unspecified atom stereocenters. The van der Waals surface area contributed by atoms with E-state index in [0.29, 0.717) is 12.2 Å². The minimum atomic E-state index is -0.317. The van der Waals surface area contributed by atoms with Crippen LogP contribution < -0.4 is 5.32 Å². The van der Waals surface area contributed by atoms with Gasteiger partial charge in [-0.2, -0.15) is 0 Å². The summed E-state index contributed by atoms with van der Waals surface area (Å²) in [5.74, 6) is -0.428. The average Bonchev–Trinajstić information content (AvgIpc) is 2.49. The molecule has 1 N–H and O–H groups in total. The summed E-state index contributed by atoms with van der Waals surface area (Å²) in [6.45, 7) is 2.54. The Morgan fingerprint density at radius 2 is 1.76 bits per heavy atom. The molecule has 2 aromatic rings. The molecule has 0 aliphatic rings. The Morgan fingerprint density at radius 1 is 1.14 bits per heavy atom. The predicted molar refractivity (Wildman–Crippen MR) is 82.4 cm³/mol. The standard InChI is InChI=1S/C17H19FN2O/c1-13(20(2)12-14-6-4-3-5-7-14)17(21)19-16-10-8-15(18)9-11-16/h3-11,13H,12H2,1-2H3,(H,19,21)/t13-/m0/s1. The number of amides is 1. The zero-order chi connectivity index (χ0) is 15.2. The van der Waals surface area contributed by atoms with Gasteiger partial charge in [-0.3, -0.25) is 9.69 Å². The summed E-state index contributed by atoms with van der Waals surface area (Å²) in [6, 6.07) is 15.5. The van der Waals surface area contributed by atoms with E-state index in [4.69, 9.17) is 0 Å². The summed E-state index contributed by atoms with van der Waals surface area (Å²) in [4.78, 5) is 14.1. The molecular formula is C17H19FN2O. The highest BCUT2D eigenvalue weighted by atomic mass is 19.1. The zero-order valence-electron chi connectivity index (χ0n) is 12.2. The van der Waals surface area contributed by atoms with Crippen LogP contribution in [0.4, 0.5) is 10.1 Å². The van der Waals surface area contributed by atoms with Crippen LogP contribution >= 0.6 is 0 Å². The fourth-order valence-electron chi connectivity index (χ4n) is 1.99. The molecule has 1 atom stereocenters. The van der Waals surface area contributed by atoms with Crippen LogP contribution in [0.2, 0.25) is 0 Å². The largest absolute Gasteiger partial charge is 0.325 e. The summed E-state index contributed by atoms with van der Waals surface area (Å²) in [6.07, 6.45) is 0.